The molecule has 0 radical (unpaired) electrons. The number of aryl methyl sites for hydroxylation is 1. The monoisotopic (exact) mass is 326 g/mol. The number of aromatic nitrogens is 4. The fourth-order valence-electron chi connectivity index (χ4n) is 2.81. The number of fused-ring (bicyclic) bond motifs is 3. The summed E-state index contributed by atoms with van der Waals surface area (Å²) < 4.78 is 28.5. The van der Waals surface area contributed by atoms with E-state index in [4.69, 9.17) is 0 Å². The Morgan fingerprint density at radius 1 is 1.09 bits per heavy atom. The lowest BCUT2D eigenvalue weighted by Gasteiger charge is -2.07. The molecule has 0 atom stereocenters. The third-order valence-corrected chi connectivity index (χ3v) is 5.46. The normalized spacial score (nSPS) is 12.2. The molecule has 0 aliphatic heterocycles. The summed E-state index contributed by atoms with van der Waals surface area (Å²) in [6.45, 7) is 0. The van der Waals surface area contributed by atoms with Crippen LogP contribution in [0.25, 0.3) is 21.9 Å². The number of nitrogens with zero attached hydrogens (tertiary/aromatic N) is 4. The third-order valence-electron chi connectivity index (χ3n) is 3.87. The molecule has 0 aliphatic rings. The molecule has 23 heavy (non-hydrogen) atoms. The predicted octanol–water partition coefficient (Wildman–Crippen LogP) is 2.30. The van der Waals surface area contributed by atoms with Crippen LogP contribution < -0.4 is 0 Å². The zero-order chi connectivity index (χ0) is 16.0. The Bertz CT molecular complexity index is 1110. The van der Waals surface area contributed by atoms with Crippen molar-refractivity contribution in [3.63, 3.8) is 0 Å². The second-order valence-corrected chi connectivity index (χ2v) is 7.27. The van der Waals surface area contributed by atoms with Gasteiger partial charge in [0.05, 0.1) is 17.5 Å². The third kappa shape index (κ3) is 2.20. The Balaban J connectivity index is 1.89. The largest absolute Gasteiger partial charge is 0.267 e. The summed E-state index contributed by atoms with van der Waals surface area (Å²) >= 11 is 0. The minimum atomic E-state index is -3.54. The molecule has 1 aromatic carbocycles. The van der Waals surface area contributed by atoms with Gasteiger partial charge in [0.15, 0.2) is 5.65 Å². The van der Waals surface area contributed by atoms with Crippen LogP contribution in [0, 0.1) is 0 Å². The highest BCUT2D eigenvalue weighted by atomic mass is 32.2. The van der Waals surface area contributed by atoms with E-state index in [1.807, 2.05) is 25.2 Å². The predicted molar refractivity (Wildman–Crippen MR) is 88.5 cm³/mol. The van der Waals surface area contributed by atoms with Crippen molar-refractivity contribution in [3.8, 4) is 0 Å². The van der Waals surface area contributed by atoms with Gasteiger partial charge in [-0.25, -0.2) is 17.4 Å². The second kappa shape index (κ2) is 4.92. The van der Waals surface area contributed by atoms with Gasteiger partial charge in [-0.1, -0.05) is 30.3 Å². The molecule has 0 N–H and O–H groups in total. The average molecular weight is 326 g/mol. The smallest absolute Gasteiger partial charge is 0.244 e. The van der Waals surface area contributed by atoms with Crippen molar-refractivity contribution in [1.29, 1.82) is 0 Å². The second-order valence-electron chi connectivity index (χ2n) is 5.42. The SMILES string of the molecule is Cn1ncc2cnc3c(ccn3S(=O)(=O)Cc3ccccc3)c21. The van der Waals surface area contributed by atoms with Crippen molar-refractivity contribution in [2.45, 2.75) is 5.75 Å². The standard InChI is InChI=1S/C16H14N4O2S/c1-19-15-13(10-18-19)9-17-16-14(15)7-8-20(16)23(21,22)11-12-5-3-2-4-6-12/h2-10H,11H2,1H3. The van der Waals surface area contributed by atoms with Crippen LogP contribution in [0.5, 0.6) is 0 Å². The summed E-state index contributed by atoms with van der Waals surface area (Å²) in [5, 5.41) is 5.87. The first-order valence-electron chi connectivity index (χ1n) is 7.11. The lowest BCUT2D eigenvalue weighted by atomic mass is 10.2. The van der Waals surface area contributed by atoms with E-state index in [1.54, 1.807) is 41.5 Å². The molecular formula is C16H14N4O2S. The van der Waals surface area contributed by atoms with E-state index in [0.29, 0.717) is 5.65 Å². The Morgan fingerprint density at radius 2 is 1.87 bits per heavy atom. The Hall–Kier alpha value is -2.67. The van der Waals surface area contributed by atoms with Crippen LogP contribution >= 0.6 is 0 Å². The van der Waals surface area contributed by atoms with Gasteiger partial charge in [-0.15, -0.1) is 0 Å². The summed E-state index contributed by atoms with van der Waals surface area (Å²) in [7, 11) is -1.71. The number of hydrogen-bond acceptors (Lipinski definition) is 4. The van der Waals surface area contributed by atoms with Crippen molar-refractivity contribution in [2.75, 3.05) is 0 Å². The zero-order valence-corrected chi connectivity index (χ0v) is 13.2. The van der Waals surface area contributed by atoms with Crippen LogP contribution in [0.15, 0.2) is 55.0 Å². The van der Waals surface area contributed by atoms with Crippen LogP contribution in [-0.2, 0) is 22.8 Å². The zero-order valence-electron chi connectivity index (χ0n) is 12.4. The van der Waals surface area contributed by atoms with Gasteiger partial charge in [-0.05, 0) is 11.6 Å². The van der Waals surface area contributed by atoms with Gasteiger partial charge in [0, 0.05) is 30.2 Å². The maximum absolute atomic E-state index is 12.7. The molecule has 0 saturated carbocycles. The van der Waals surface area contributed by atoms with Gasteiger partial charge in [0.1, 0.15) is 0 Å². The molecule has 0 fully saturated rings. The first kappa shape index (κ1) is 14.0. The van der Waals surface area contributed by atoms with Gasteiger partial charge in [0.2, 0.25) is 10.0 Å². The highest BCUT2D eigenvalue weighted by Crippen LogP contribution is 2.25. The minimum Gasteiger partial charge on any atom is -0.267 e. The molecule has 6 nitrogen and oxygen atoms in total. The van der Waals surface area contributed by atoms with Gasteiger partial charge in [-0.3, -0.25) is 4.68 Å². The van der Waals surface area contributed by atoms with E-state index in [-0.39, 0.29) is 5.75 Å². The molecule has 116 valence electrons. The van der Waals surface area contributed by atoms with E-state index in [2.05, 4.69) is 10.1 Å². The topological polar surface area (TPSA) is 69.8 Å². The van der Waals surface area contributed by atoms with E-state index in [0.717, 1.165) is 21.9 Å². The molecule has 0 aliphatic carbocycles. The summed E-state index contributed by atoms with van der Waals surface area (Å²) in [5.41, 5.74) is 2.05. The molecule has 0 saturated heterocycles. The molecule has 4 aromatic rings. The summed E-state index contributed by atoms with van der Waals surface area (Å²) in [6, 6.07) is 10.9. The molecule has 4 rings (SSSR count). The number of benzene rings is 1. The van der Waals surface area contributed by atoms with E-state index in [1.165, 1.54) is 3.97 Å². The Morgan fingerprint density at radius 3 is 2.65 bits per heavy atom. The maximum Gasteiger partial charge on any atom is 0.244 e. The van der Waals surface area contributed by atoms with Crippen molar-refractivity contribution >= 4 is 32.0 Å². The molecular weight excluding hydrogens is 312 g/mol. The van der Waals surface area contributed by atoms with E-state index in [9.17, 15) is 8.42 Å². The highest BCUT2D eigenvalue weighted by molar-refractivity contribution is 7.89. The first-order chi connectivity index (χ1) is 11.1. The minimum absolute atomic E-state index is 0.0667. The first-order valence-corrected chi connectivity index (χ1v) is 8.72. The quantitative estimate of drug-likeness (QED) is 0.579. The highest BCUT2D eigenvalue weighted by Gasteiger charge is 2.19. The molecule has 3 heterocycles. The van der Waals surface area contributed by atoms with Crippen LogP contribution in [0.1, 0.15) is 5.56 Å². The Labute approximate surface area is 133 Å². The van der Waals surface area contributed by atoms with Crippen molar-refractivity contribution in [1.82, 2.24) is 18.7 Å². The van der Waals surface area contributed by atoms with Gasteiger partial charge < -0.3 is 0 Å². The summed E-state index contributed by atoms with van der Waals surface area (Å²) in [6.07, 6.45) is 4.93. The number of rotatable bonds is 3. The number of pyridine rings is 1. The molecule has 0 amide bonds. The molecule has 7 heteroatoms. The fourth-order valence-corrected chi connectivity index (χ4v) is 4.21. The Kier molecular flexibility index (Phi) is 2.99. The lowest BCUT2D eigenvalue weighted by Crippen LogP contribution is -2.14. The molecule has 0 unspecified atom stereocenters. The van der Waals surface area contributed by atoms with Crippen LogP contribution in [0.2, 0.25) is 0 Å². The molecule has 0 bridgehead atoms. The maximum atomic E-state index is 12.7. The van der Waals surface area contributed by atoms with Crippen molar-refractivity contribution in [3.05, 3.63) is 60.6 Å². The fraction of sp³-hybridized carbons (Fsp3) is 0.125. The van der Waals surface area contributed by atoms with Gasteiger partial charge in [0.25, 0.3) is 0 Å². The van der Waals surface area contributed by atoms with E-state index < -0.39 is 10.0 Å². The summed E-state index contributed by atoms with van der Waals surface area (Å²) in [5.74, 6) is -0.0667. The van der Waals surface area contributed by atoms with Crippen molar-refractivity contribution < 1.29 is 8.42 Å². The lowest BCUT2D eigenvalue weighted by molar-refractivity contribution is 0.588. The summed E-state index contributed by atoms with van der Waals surface area (Å²) in [4.78, 5) is 4.32. The van der Waals surface area contributed by atoms with Gasteiger partial charge in [-0.2, -0.15) is 5.10 Å². The average Bonchev–Trinajstić information content (AvgIpc) is 3.11. The van der Waals surface area contributed by atoms with Crippen molar-refractivity contribution in [2.24, 2.45) is 7.05 Å². The van der Waals surface area contributed by atoms with Gasteiger partial charge >= 0.3 is 0 Å². The molecule has 0 spiro atoms. The van der Waals surface area contributed by atoms with E-state index >= 15 is 0 Å². The van der Waals surface area contributed by atoms with Crippen LogP contribution in [-0.4, -0.2) is 27.2 Å². The van der Waals surface area contributed by atoms with Crippen LogP contribution in [0.3, 0.4) is 0 Å². The van der Waals surface area contributed by atoms with Crippen LogP contribution in [0.4, 0.5) is 0 Å². The number of hydrogen-bond donors (Lipinski definition) is 0. The molecule has 3 aromatic heterocycles.